The van der Waals surface area contributed by atoms with Crippen molar-refractivity contribution in [3.63, 3.8) is 0 Å². The van der Waals surface area contributed by atoms with Gasteiger partial charge in [0.2, 0.25) is 5.91 Å². The van der Waals surface area contributed by atoms with Crippen molar-refractivity contribution in [2.24, 2.45) is 5.92 Å². The first-order chi connectivity index (χ1) is 14.1. The molecule has 4 rings (SSSR count). The molecule has 1 saturated heterocycles. The number of benzene rings is 2. The van der Waals surface area contributed by atoms with Crippen LogP contribution >= 0.6 is 0 Å². The number of rotatable bonds is 4. The summed E-state index contributed by atoms with van der Waals surface area (Å²) >= 11 is 0. The van der Waals surface area contributed by atoms with Gasteiger partial charge < -0.3 is 15.0 Å². The number of hydrogen-bond acceptors (Lipinski definition) is 4. The Morgan fingerprint density at radius 1 is 1.17 bits per heavy atom. The van der Waals surface area contributed by atoms with Crippen molar-refractivity contribution in [1.82, 2.24) is 4.98 Å². The molecule has 1 aromatic heterocycles. The Hall–Kier alpha value is -3.15. The van der Waals surface area contributed by atoms with Gasteiger partial charge in [0.15, 0.2) is 0 Å². The molecule has 5 nitrogen and oxygen atoms in total. The number of hydrogen-bond donors (Lipinski definition) is 1. The van der Waals surface area contributed by atoms with Gasteiger partial charge >= 0.3 is 0 Å². The number of para-hydroxylation sites is 1. The fraction of sp³-hybridized carbons (Fsp3) is 0.304. The minimum absolute atomic E-state index is 0.00534. The Morgan fingerprint density at radius 2 is 1.90 bits per heavy atom. The second-order valence-corrected chi connectivity index (χ2v) is 7.40. The van der Waals surface area contributed by atoms with Crippen molar-refractivity contribution in [2.45, 2.75) is 19.8 Å². The van der Waals surface area contributed by atoms with E-state index in [-0.39, 0.29) is 17.6 Å². The molecule has 3 aromatic rings. The maximum atomic E-state index is 13.0. The zero-order valence-corrected chi connectivity index (χ0v) is 16.6. The van der Waals surface area contributed by atoms with Crippen LogP contribution in [-0.2, 0) is 4.79 Å². The molecule has 1 N–H and O–H groups in total. The van der Waals surface area contributed by atoms with Crippen LogP contribution in [0.3, 0.4) is 0 Å². The lowest BCUT2D eigenvalue weighted by atomic mass is 9.94. The lowest BCUT2D eigenvalue weighted by molar-refractivity contribution is -0.120. The number of anilines is 2. The Bertz CT molecular complexity index is 1030. The summed E-state index contributed by atoms with van der Waals surface area (Å²) in [4.78, 5) is 19.5. The number of carbonyl (C=O) groups is 1. The number of piperidine rings is 1. The van der Waals surface area contributed by atoms with Crippen LogP contribution in [0.15, 0.2) is 48.7 Å². The number of pyridine rings is 1. The van der Waals surface area contributed by atoms with E-state index < -0.39 is 0 Å². The van der Waals surface area contributed by atoms with Gasteiger partial charge in [-0.15, -0.1) is 0 Å². The van der Waals surface area contributed by atoms with Crippen LogP contribution in [0.25, 0.3) is 10.9 Å². The van der Waals surface area contributed by atoms with Crippen LogP contribution in [-0.4, -0.2) is 31.1 Å². The quantitative estimate of drug-likeness (QED) is 0.707. The first kappa shape index (κ1) is 19.2. The second kappa shape index (κ2) is 8.07. The van der Waals surface area contributed by atoms with Gasteiger partial charge in [-0.2, -0.15) is 0 Å². The van der Waals surface area contributed by atoms with Gasteiger partial charge in [0, 0.05) is 36.3 Å². The second-order valence-electron chi connectivity index (χ2n) is 7.40. The van der Waals surface area contributed by atoms with Gasteiger partial charge in [-0.1, -0.05) is 12.1 Å². The highest BCUT2D eigenvalue weighted by atomic mass is 19.1. The third kappa shape index (κ3) is 3.88. The lowest BCUT2D eigenvalue weighted by Gasteiger charge is -2.34. The first-order valence-electron chi connectivity index (χ1n) is 9.80. The van der Waals surface area contributed by atoms with Gasteiger partial charge in [0.1, 0.15) is 17.1 Å². The van der Waals surface area contributed by atoms with E-state index in [1.54, 1.807) is 19.2 Å². The molecule has 1 aliphatic heterocycles. The van der Waals surface area contributed by atoms with Gasteiger partial charge in [-0.05, 0) is 55.7 Å². The average Bonchev–Trinajstić information content (AvgIpc) is 2.75. The normalized spacial score (nSPS) is 14.8. The molecule has 1 aliphatic rings. The molecular weight excluding hydrogens is 369 g/mol. The summed E-state index contributed by atoms with van der Waals surface area (Å²) in [6.45, 7) is 3.64. The zero-order valence-electron chi connectivity index (χ0n) is 16.6. The number of nitrogens with zero attached hydrogens (tertiary/aromatic N) is 2. The van der Waals surface area contributed by atoms with E-state index >= 15 is 0 Å². The van der Waals surface area contributed by atoms with E-state index in [0.29, 0.717) is 5.69 Å². The molecule has 0 atom stereocenters. The molecule has 6 heteroatoms. The van der Waals surface area contributed by atoms with Crippen LogP contribution in [0.1, 0.15) is 18.4 Å². The van der Waals surface area contributed by atoms with E-state index in [1.807, 2.05) is 18.3 Å². The highest BCUT2D eigenvalue weighted by Gasteiger charge is 2.27. The smallest absolute Gasteiger partial charge is 0.227 e. The fourth-order valence-electron chi connectivity index (χ4n) is 4.01. The van der Waals surface area contributed by atoms with Crippen molar-refractivity contribution in [2.75, 3.05) is 30.4 Å². The number of ether oxygens (including phenoxy) is 1. The standard InChI is InChI=1S/C23H24FN3O2/c1-15-14-25-21-19(4-3-5-20(21)29-2)22(15)27-12-10-16(11-13-27)23(28)26-18-8-6-17(24)7-9-18/h3-9,14,16H,10-13H2,1-2H3,(H,26,28). The van der Waals surface area contributed by atoms with Crippen molar-refractivity contribution < 1.29 is 13.9 Å². The Kier molecular flexibility index (Phi) is 5.34. The van der Waals surface area contributed by atoms with Crippen molar-refractivity contribution >= 4 is 28.2 Å². The summed E-state index contributed by atoms with van der Waals surface area (Å²) in [5.41, 5.74) is 3.75. The number of fused-ring (bicyclic) bond motifs is 1. The summed E-state index contributed by atoms with van der Waals surface area (Å²) in [5.74, 6) is 0.388. The Morgan fingerprint density at radius 3 is 2.59 bits per heavy atom. The first-order valence-corrected chi connectivity index (χ1v) is 9.80. The van der Waals surface area contributed by atoms with Gasteiger partial charge in [0.25, 0.3) is 0 Å². The third-order valence-corrected chi connectivity index (χ3v) is 5.53. The molecular formula is C23H24FN3O2. The number of carbonyl (C=O) groups excluding carboxylic acids is 1. The number of methoxy groups -OCH3 is 1. The molecule has 0 saturated carbocycles. The lowest BCUT2D eigenvalue weighted by Crippen LogP contribution is -2.38. The monoisotopic (exact) mass is 393 g/mol. The largest absolute Gasteiger partial charge is 0.494 e. The van der Waals surface area contributed by atoms with E-state index in [1.165, 1.54) is 12.1 Å². The van der Waals surface area contributed by atoms with Crippen LogP contribution in [0.4, 0.5) is 15.8 Å². The van der Waals surface area contributed by atoms with Crippen molar-refractivity contribution in [3.05, 3.63) is 60.0 Å². The minimum Gasteiger partial charge on any atom is -0.494 e. The molecule has 29 heavy (non-hydrogen) atoms. The molecule has 1 fully saturated rings. The minimum atomic E-state index is -0.312. The summed E-state index contributed by atoms with van der Waals surface area (Å²) in [7, 11) is 1.65. The molecule has 2 aromatic carbocycles. The SMILES string of the molecule is COc1cccc2c(N3CCC(C(=O)Nc4ccc(F)cc4)CC3)c(C)cnc12. The number of nitrogens with one attached hydrogen (secondary N) is 1. The summed E-state index contributed by atoms with van der Waals surface area (Å²) < 4.78 is 18.5. The molecule has 150 valence electrons. The molecule has 0 unspecified atom stereocenters. The highest BCUT2D eigenvalue weighted by Crippen LogP contribution is 2.35. The predicted molar refractivity (Wildman–Crippen MR) is 113 cm³/mol. The fourth-order valence-corrected chi connectivity index (χ4v) is 4.01. The molecule has 0 aliphatic carbocycles. The average molecular weight is 393 g/mol. The summed E-state index contributed by atoms with van der Waals surface area (Å²) in [6.07, 6.45) is 3.41. The van der Waals surface area contributed by atoms with E-state index in [9.17, 15) is 9.18 Å². The predicted octanol–water partition coefficient (Wildman–Crippen LogP) is 4.55. The molecule has 0 spiro atoms. The maximum absolute atomic E-state index is 13.0. The number of amides is 1. The van der Waals surface area contributed by atoms with Gasteiger partial charge in [-0.25, -0.2) is 4.39 Å². The van der Waals surface area contributed by atoms with Crippen LogP contribution < -0.4 is 15.0 Å². The molecule has 0 bridgehead atoms. The summed E-state index contributed by atoms with van der Waals surface area (Å²) in [6, 6.07) is 11.8. The van der Waals surface area contributed by atoms with Gasteiger partial charge in [-0.3, -0.25) is 9.78 Å². The molecule has 1 amide bonds. The zero-order chi connectivity index (χ0) is 20.4. The van der Waals surface area contributed by atoms with Crippen LogP contribution in [0.5, 0.6) is 5.75 Å². The van der Waals surface area contributed by atoms with Crippen molar-refractivity contribution in [3.8, 4) is 5.75 Å². The molecule has 2 heterocycles. The van der Waals surface area contributed by atoms with Crippen LogP contribution in [0.2, 0.25) is 0 Å². The van der Waals surface area contributed by atoms with E-state index in [2.05, 4.69) is 28.2 Å². The Labute approximate surface area is 169 Å². The topological polar surface area (TPSA) is 54.5 Å². The van der Waals surface area contributed by atoms with Crippen LogP contribution in [0, 0.1) is 18.7 Å². The maximum Gasteiger partial charge on any atom is 0.227 e. The third-order valence-electron chi connectivity index (χ3n) is 5.53. The molecule has 0 radical (unpaired) electrons. The van der Waals surface area contributed by atoms with Gasteiger partial charge in [0.05, 0.1) is 12.8 Å². The Balaban J connectivity index is 1.49. The number of aryl methyl sites for hydroxylation is 1. The number of halogens is 1. The number of aromatic nitrogens is 1. The van der Waals surface area contributed by atoms with E-state index in [0.717, 1.165) is 53.8 Å². The van der Waals surface area contributed by atoms with E-state index in [4.69, 9.17) is 4.74 Å². The summed E-state index contributed by atoms with van der Waals surface area (Å²) in [5, 5.41) is 3.97. The van der Waals surface area contributed by atoms with Crippen molar-refractivity contribution in [1.29, 1.82) is 0 Å². The highest BCUT2D eigenvalue weighted by molar-refractivity contribution is 5.97.